The lowest BCUT2D eigenvalue weighted by molar-refractivity contribution is -0.122. The summed E-state index contributed by atoms with van der Waals surface area (Å²) in [5, 5.41) is 3.58. The van der Waals surface area contributed by atoms with Crippen molar-refractivity contribution in [2.75, 3.05) is 26.2 Å². The van der Waals surface area contributed by atoms with Gasteiger partial charge in [-0.15, -0.1) is 0 Å². The Labute approximate surface area is 187 Å². The van der Waals surface area contributed by atoms with Crippen LogP contribution in [-0.4, -0.2) is 48.1 Å². The molecule has 7 heteroatoms. The second-order valence-corrected chi connectivity index (χ2v) is 8.02. The Bertz CT molecular complexity index is 992. The average molecular weight is 440 g/mol. The zero-order valence-corrected chi connectivity index (χ0v) is 18.1. The number of hydrogen-bond donors (Lipinski definition) is 1. The molecule has 162 valence electrons. The lowest BCUT2D eigenvalue weighted by Crippen LogP contribution is -2.47. The SMILES string of the molecule is O=C(CCc1ncc(-c2ccccc2Cl)o1)NCC1CN(Cc2ccccc2)CCO1. The molecule has 2 aromatic carbocycles. The van der Waals surface area contributed by atoms with Gasteiger partial charge in [-0.05, 0) is 17.7 Å². The van der Waals surface area contributed by atoms with E-state index in [1.54, 1.807) is 12.3 Å². The van der Waals surface area contributed by atoms with Crippen LogP contribution in [0.25, 0.3) is 11.3 Å². The van der Waals surface area contributed by atoms with Gasteiger partial charge >= 0.3 is 0 Å². The van der Waals surface area contributed by atoms with Crippen LogP contribution in [0.3, 0.4) is 0 Å². The van der Waals surface area contributed by atoms with Gasteiger partial charge in [0.05, 0.1) is 23.9 Å². The smallest absolute Gasteiger partial charge is 0.220 e. The van der Waals surface area contributed by atoms with Crippen molar-refractivity contribution in [2.45, 2.75) is 25.5 Å². The zero-order chi connectivity index (χ0) is 21.5. The summed E-state index contributed by atoms with van der Waals surface area (Å²) in [6, 6.07) is 17.8. The van der Waals surface area contributed by atoms with Crippen molar-refractivity contribution in [3.05, 3.63) is 77.3 Å². The van der Waals surface area contributed by atoms with Gasteiger partial charge in [-0.3, -0.25) is 9.69 Å². The molecule has 1 fully saturated rings. The minimum atomic E-state index is -0.0405. The molecule has 3 aromatic rings. The molecule has 1 aliphatic rings. The number of carbonyl (C=O) groups excluding carboxylic acids is 1. The molecule has 2 heterocycles. The van der Waals surface area contributed by atoms with E-state index < -0.39 is 0 Å². The number of rotatable bonds is 8. The molecular formula is C24H26ClN3O3. The van der Waals surface area contributed by atoms with E-state index in [9.17, 15) is 4.79 Å². The second-order valence-electron chi connectivity index (χ2n) is 7.62. The van der Waals surface area contributed by atoms with Gasteiger partial charge in [0.25, 0.3) is 0 Å². The molecule has 0 bridgehead atoms. The number of ether oxygens (including phenoxy) is 1. The van der Waals surface area contributed by atoms with Crippen LogP contribution >= 0.6 is 11.6 Å². The molecule has 0 spiro atoms. The first-order valence-corrected chi connectivity index (χ1v) is 10.9. The lowest BCUT2D eigenvalue weighted by atomic mass is 10.2. The number of halogens is 1. The molecule has 1 atom stereocenters. The Kier molecular flexibility index (Phi) is 7.35. The van der Waals surface area contributed by atoms with Gasteiger partial charge in [0.15, 0.2) is 11.7 Å². The van der Waals surface area contributed by atoms with Crippen LogP contribution in [0.15, 0.2) is 65.2 Å². The summed E-state index contributed by atoms with van der Waals surface area (Å²) in [6.07, 6.45) is 2.38. The molecule has 31 heavy (non-hydrogen) atoms. The van der Waals surface area contributed by atoms with Crippen LogP contribution in [0.2, 0.25) is 5.02 Å². The van der Waals surface area contributed by atoms with Crippen molar-refractivity contribution in [1.82, 2.24) is 15.2 Å². The van der Waals surface area contributed by atoms with Gasteiger partial charge in [0.1, 0.15) is 0 Å². The summed E-state index contributed by atoms with van der Waals surface area (Å²) in [6.45, 7) is 3.77. The number of hydrogen-bond acceptors (Lipinski definition) is 5. The highest BCUT2D eigenvalue weighted by atomic mass is 35.5. The van der Waals surface area contributed by atoms with Crippen molar-refractivity contribution in [3.8, 4) is 11.3 Å². The van der Waals surface area contributed by atoms with E-state index in [1.165, 1.54) is 5.56 Å². The summed E-state index contributed by atoms with van der Waals surface area (Å²) in [4.78, 5) is 18.9. The third-order valence-electron chi connectivity index (χ3n) is 5.26. The molecule has 0 aliphatic carbocycles. The molecule has 0 radical (unpaired) electrons. The molecule has 4 rings (SSSR count). The van der Waals surface area contributed by atoms with E-state index in [2.05, 4.69) is 39.5 Å². The minimum Gasteiger partial charge on any atom is -0.441 e. The largest absolute Gasteiger partial charge is 0.441 e. The van der Waals surface area contributed by atoms with Gasteiger partial charge < -0.3 is 14.5 Å². The first kappa shape index (κ1) is 21.6. The number of aryl methyl sites for hydroxylation is 1. The molecular weight excluding hydrogens is 414 g/mol. The summed E-state index contributed by atoms with van der Waals surface area (Å²) in [5.74, 6) is 1.09. The third kappa shape index (κ3) is 6.17. The number of aromatic nitrogens is 1. The van der Waals surface area contributed by atoms with Gasteiger partial charge in [-0.2, -0.15) is 0 Å². The third-order valence-corrected chi connectivity index (χ3v) is 5.59. The normalized spacial score (nSPS) is 16.9. The van der Waals surface area contributed by atoms with Crippen LogP contribution in [0.5, 0.6) is 0 Å². The number of morpholine rings is 1. The lowest BCUT2D eigenvalue weighted by Gasteiger charge is -2.33. The molecule has 0 saturated carbocycles. The summed E-state index contributed by atoms with van der Waals surface area (Å²) >= 11 is 6.20. The van der Waals surface area contributed by atoms with Gasteiger partial charge in [0.2, 0.25) is 5.91 Å². The van der Waals surface area contributed by atoms with Crippen LogP contribution in [-0.2, 0) is 22.5 Å². The molecule has 1 aliphatic heterocycles. The Morgan fingerprint density at radius 1 is 1.16 bits per heavy atom. The molecule has 1 N–H and O–H groups in total. The van der Waals surface area contributed by atoms with Crippen molar-refractivity contribution in [2.24, 2.45) is 0 Å². The van der Waals surface area contributed by atoms with E-state index in [4.69, 9.17) is 20.8 Å². The van der Waals surface area contributed by atoms with E-state index in [1.807, 2.05) is 24.3 Å². The predicted octanol–water partition coefficient (Wildman–Crippen LogP) is 3.94. The second kappa shape index (κ2) is 10.6. The van der Waals surface area contributed by atoms with Gasteiger partial charge in [-0.1, -0.05) is 54.1 Å². The van der Waals surface area contributed by atoms with Crippen molar-refractivity contribution in [1.29, 1.82) is 0 Å². The Morgan fingerprint density at radius 3 is 2.81 bits per heavy atom. The predicted molar refractivity (Wildman–Crippen MR) is 120 cm³/mol. The maximum Gasteiger partial charge on any atom is 0.220 e. The Morgan fingerprint density at radius 2 is 1.97 bits per heavy atom. The van der Waals surface area contributed by atoms with Crippen LogP contribution in [0.1, 0.15) is 17.9 Å². The van der Waals surface area contributed by atoms with E-state index in [-0.39, 0.29) is 12.0 Å². The van der Waals surface area contributed by atoms with Crippen LogP contribution < -0.4 is 5.32 Å². The standard InChI is InChI=1S/C24H26ClN3O3/c25-21-9-5-4-8-20(21)22-15-27-24(31-22)11-10-23(29)26-14-19-17-28(12-13-30-19)16-18-6-2-1-3-7-18/h1-9,15,19H,10-14,16-17H2,(H,26,29). The molecule has 1 saturated heterocycles. The summed E-state index contributed by atoms with van der Waals surface area (Å²) in [7, 11) is 0. The highest BCUT2D eigenvalue weighted by Crippen LogP contribution is 2.28. The topological polar surface area (TPSA) is 67.6 Å². The van der Waals surface area contributed by atoms with E-state index in [0.717, 1.165) is 25.2 Å². The van der Waals surface area contributed by atoms with E-state index in [0.29, 0.717) is 42.7 Å². The first-order valence-electron chi connectivity index (χ1n) is 10.5. The maximum atomic E-state index is 12.3. The fourth-order valence-electron chi connectivity index (χ4n) is 3.64. The number of oxazole rings is 1. The van der Waals surface area contributed by atoms with Crippen LogP contribution in [0.4, 0.5) is 0 Å². The summed E-state index contributed by atoms with van der Waals surface area (Å²) < 4.78 is 11.6. The first-order chi connectivity index (χ1) is 15.2. The number of benzene rings is 2. The molecule has 1 amide bonds. The maximum absolute atomic E-state index is 12.3. The van der Waals surface area contributed by atoms with Gasteiger partial charge in [0, 0.05) is 44.6 Å². The minimum absolute atomic E-state index is 0.00465. The van der Waals surface area contributed by atoms with E-state index >= 15 is 0 Å². The monoisotopic (exact) mass is 439 g/mol. The highest BCUT2D eigenvalue weighted by Gasteiger charge is 2.21. The Balaban J connectivity index is 1.20. The quantitative estimate of drug-likeness (QED) is 0.575. The average Bonchev–Trinajstić information content (AvgIpc) is 3.26. The number of nitrogens with zero attached hydrogens (tertiary/aromatic N) is 2. The number of carbonyl (C=O) groups is 1. The fourth-order valence-corrected chi connectivity index (χ4v) is 3.87. The fraction of sp³-hybridized carbons (Fsp3) is 0.333. The zero-order valence-electron chi connectivity index (χ0n) is 17.3. The van der Waals surface area contributed by atoms with Crippen molar-refractivity contribution < 1.29 is 13.9 Å². The van der Waals surface area contributed by atoms with Crippen molar-refractivity contribution >= 4 is 17.5 Å². The van der Waals surface area contributed by atoms with Crippen molar-refractivity contribution in [3.63, 3.8) is 0 Å². The molecule has 6 nitrogen and oxygen atoms in total. The Hall–Kier alpha value is -2.67. The molecule has 1 aromatic heterocycles. The highest BCUT2D eigenvalue weighted by molar-refractivity contribution is 6.33. The molecule has 1 unspecified atom stereocenters. The number of nitrogens with one attached hydrogen (secondary N) is 1. The van der Waals surface area contributed by atoms with Crippen LogP contribution in [0, 0.1) is 0 Å². The summed E-state index contributed by atoms with van der Waals surface area (Å²) in [5.41, 5.74) is 2.08. The van der Waals surface area contributed by atoms with Gasteiger partial charge in [-0.25, -0.2) is 4.98 Å². The number of amides is 1.